The van der Waals surface area contributed by atoms with Crippen molar-refractivity contribution >= 4 is 27.5 Å². The van der Waals surface area contributed by atoms with Gasteiger partial charge in [-0.15, -0.1) is 0 Å². The van der Waals surface area contributed by atoms with Gasteiger partial charge in [0.25, 0.3) is 5.91 Å². The van der Waals surface area contributed by atoms with E-state index in [1.165, 1.54) is 24.4 Å². The van der Waals surface area contributed by atoms with E-state index in [-0.39, 0.29) is 5.91 Å². The van der Waals surface area contributed by atoms with Crippen LogP contribution in [0.1, 0.15) is 10.4 Å². The Balaban J connectivity index is 2.21. The van der Waals surface area contributed by atoms with Crippen LogP contribution in [0.15, 0.2) is 35.1 Å². The molecule has 16 heavy (non-hydrogen) atoms. The zero-order valence-corrected chi connectivity index (χ0v) is 9.58. The summed E-state index contributed by atoms with van der Waals surface area (Å²) in [4.78, 5) is 11.7. The van der Waals surface area contributed by atoms with Crippen molar-refractivity contribution < 1.29 is 9.18 Å². The van der Waals surface area contributed by atoms with Crippen LogP contribution in [0.2, 0.25) is 0 Å². The number of aromatic nitrogens is 2. The van der Waals surface area contributed by atoms with Gasteiger partial charge >= 0.3 is 0 Å². The normalized spacial score (nSPS) is 10.1. The zero-order valence-electron chi connectivity index (χ0n) is 8.00. The summed E-state index contributed by atoms with van der Waals surface area (Å²) < 4.78 is 13.2. The third-order valence-electron chi connectivity index (χ3n) is 1.93. The van der Waals surface area contributed by atoms with Crippen LogP contribution >= 0.6 is 15.9 Å². The molecule has 1 amide bonds. The van der Waals surface area contributed by atoms with Crippen molar-refractivity contribution in [2.75, 3.05) is 5.32 Å². The Morgan fingerprint density at radius 2 is 2.31 bits per heavy atom. The van der Waals surface area contributed by atoms with Crippen LogP contribution in [0.4, 0.5) is 10.1 Å². The van der Waals surface area contributed by atoms with Crippen LogP contribution in [0.25, 0.3) is 0 Å². The first-order chi connectivity index (χ1) is 7.66. The quantitative estimate of drug-likeness (QED) is 0.890. The molecule has 0 atom stereocenters. The molecule has 0 radical (unpaired) electrons. The second-order valence-electron chi connectivity index (χ2n) is 3.07. The van der Waals surface area contributed by atoms with Gasteiger partial charge in [0.2, 0.25) is 0 Å². The first-order valence-corrected chi connectivity index (χ1v) is 5.21. The molecule has 2 aromatic rings. The Hall–Kier alpha value is -1.69. The maximum atomic E-state index is 12.8. The molecule has 2 rings (SSSR count). The number of rotatable bonds is 2. The van der Waals surface area contributed by atoms with Crippen LogP contribution in [0, 0.1) is 5.82 Å². The Kier molecular flexibility index (Phi) is 3.00. The number of amides is 1. The van der Waals surface area contributed by atoms with E-state index >= 15 is 0 Å². The minimum absolute atomic E-state index is 0.326. The lowest BCUT2D eigenvalue weighted by molar-refractivity contribution is 0.102. The van der Waals surface area contributed by atoms with Crippen molar-refractivity contribution in [2.24, 2.45) is 0 Å². The second kappa shape index (κ2) is 4.44. The summed E-state index contributed by atoms with van der Waals surface area (Å²) in [7, 11) is 0. The monoisotopic (exact) mass is 283 g/mol. The number of nitrogens with one attached hydrogen (secondary N) is 2. The fourth-order valence-corrected chi connectivity index (χ4v) is 1.72. The van der Waals surface area contributed by atoms with Gasteiger partial charge in [-0.3, -0.25) is 9.89 Å². The third kappa shape index (κ3) is 2.27. The summed E-state index contributed by atoms with van der Waals surface area (Å²) in [5.74, 6) is -0.722. The van der Waals surface area contributed by atoms with E-state index in [2.05, 4.69) is 31.4 Å². The van der Waals surface area contributed by atoms with E-state index in [1.807, 2.05) is 0 Å². The Bertz CT molecular complexity index is 513. The molecule has 4 nitrogen and oxygen atoms in total. The van der Waals surface area contributed by atoms with Gasteiger partial charge in [0.1, 0.15) is 5.82 Å². The molecule has 82 valence electrons. The van der Waals surface area contributed by atoms with Crippen molar-refractivity contribution in [1.82, 2.24) is 10.2 Å². The van der Waals surface area contributed by atoms with E-state index in [0.29, 0.717) is 15.7 Å². The summed E-state index contributed by atoms with van der Waals surface area (Å²) in [6.07, 6.45) is 3.03. The first-order valence-electron chi connectivity index (χ1n) is 4.42. The minimum Gasteiger partial charge on any atom is -0.319 e. The number of benzene rings is 1. The highest BCUT2D eigenvalue weighted by Crippen LogP contribution is 2.19. The van der Waals surface area contributed by atoms with Gasteiger partial charge in [-0.2, -0.15) is 5.10 Å². The largest absolute Gasteiger partial charge is 0.319 e. The summed E-state index contributed by atoms with van der Waals surface area (Å²) in [6, 6.07) is 3.88. The van der Waals surface area contributed by atoms with Crippen LogP contribution in [-0.4, -0.2) is 16.1 Å². The summed E-state index contributed by atoms with van der Waals surface area (Å²) in [6.45, 7) is 0. The molecule has 0 saturated carbocycles. The van der Waals surface area contributed by atoms with Gasteiger partial charge in [0.15, 0.2) is 0 Å². The van der Waals surface area contributed by atoms with Crippen molar-refractivity contribution in [2.45, 2.75) is 0 Å². The lowest BCUT2D eigenvalue weighted by Gasteiger charge is -2.04. The van der Waals surface area contributed by atoms with Crippen molar-refractivity contribution in [3.05, 3.63) is 46.4 Å². The highest BCUT2D eigenvalue weighted by molar-refractivity contribution is 9.10. The molecular weight excluding hydrogens is 277 g/mol. The molecule has 2 N–H and O–H groups in total. The smallest absolute Gasteiger partial charge is 0.256 e. The number of anilines is 1. The van der Waals surface area contributed by atoms with Crippen molar-refractivity contribution in [3.63, 3.8) is 0 Å². The molecule has 6 heteroatoms. The standard InChI is InChI=1S/C10H7BrFN3O/c11-9-3-6(12)1-2-8(9)10(16)15-7-4-13-14-5-7/h1-5H,(H,13,14)(H,15,16). The lowest BCUT2D eigenvalue weighted by Crippen LogP contribution is -2.12. The predicted molar refractivity (Wildman–Crippen MR) is 60.6 cm³/mol. The molecule has 0 saturated heterocycles. The fraction of sp³-hybridized carbons (Fsp3) is 0. The van der Waals surface area contributed by atoms with Crippen LogP contribution in [0.3, 0.4) is 0 Å². The molecule has 1 aromatic heterocycles. The fourth-order valence-electron chi connectivity index (χ4n) is 1.19. The van der Waals surface area contributed by atoms with E-state index < -0.39 is 5.82 Å². The zero-order chi connectivity index (χ0) is 11.5. The van der Waals surface area contributed by atoms with E-state index in [9.17, 15) is 9.18 Å². The SMILES string of the molecule is O=C(Nc1cn[nH]c1)c1ccc(F)cc1Br. The predicted octanol–water partition coefficient (Wildman–Crippen LogP) is 2.56. The number of halogens is 2. The highest BCUT2D eigenvalue weighted by Gasteiger charge is 2.11. The molecule has 0 spiro atoms. The summed E-state index contributed by atoms with van der Waals surface area (Å²) >= 11 is 3.13. The Morgan fingerprint density at radius 3 is 2.94 bits per heavy atom. The number of aromatic amines is 1. The van der Waals surface area contributed by atoms with Gasteiger partial charge in [0.05, 0.1) is 17.4 Å². The number of hydrogen-bond donors (Lipinski definition) is 2. The number of carbonyl (C=O) groups excluding carboxylic acids is 1. The molecule has 0 aliphatic carbocycles. The van der Waals surface area contributed by atoms with Gasteiger partial charge in [-0.1, -0.05) is 0 Å². The van der Waals surface area contributed by atoms with E-state index in [4.69, 9.17) is 0 Å². The topological polar surface area (TPSA) is 57.8 Å². The van der Waals surface area contributed by atoms with E-state index in [0.717, 1.165) is 0 Å². The summed E-state index contributed by atoms with van der Waals surface area (Å²) in [5.41, 5.74) is 0.920. The molecule has 0 fully saturated rings. The Labute approximate surface area is 99.0 Å². The third-order valence-corrected chi connectivity index (χ3v) is 2.59. The molecule has 0 unspecified atom stereocenters. The maximum absolute atomic E-state index is 12.8. The number of H-pyrrole nitrogens is 1. The van der Waals surface area contributed by atoms with Gasteiger partial charge in [-0.25, -0.2) is 4.39 Å². The highest BCUT2D eigenvalue weighted by atomic mass is 79.9. The van der Waals surface area contributed by atoms with E-state index in [1.54, 1.807) is 6.20 Å². The average Bonchev–Trinajstić information content (AvgIpc) is 2.70. The second-order valence-corrected chi connectivity index (χ2v) is 3.92. The molecular formula is C10H7BrFN3O. The molecule has 1 heterocycles. The molecule has 1 aromatic carbocycles. The van der Waals surface area contributed by atoms with Gasteiger partial charge in [0, 0.05) is 10.7 Å². The van der Waals surface area contributed by atoms with Crippen LogP contribution in [-0.2, 0) is 0 Å². The first kappa shape index (κ1) is 10.8. The summed E-state index contributed by atoms with van der Waals surface area (Å²) in [5, 5.41) is 8.88. The minimum atomic E-state index is -0.397. The van der Waals surface area contributed by atoms with Crippen LogP contribution in [0.5, 0.6) is 0 Å². The number of hydrogen-bond acceptors (Lipinski definition) is 2. The van der Waals surface area contributed by atoms with Crippen LogP contribution < -0.4 is 5.32 Å². The molecule has 0 aliphatic rings. The van der Waals surface area contributed by atoms with Crippen molar-refractivity contribution in [3.8, 4) is 0 Å². The average molecular weight is 284 g/mol. The number of carbonyl (C=O) groups is 1. The number of nitrogens with zero attached hydrogens (tertiary/aromatic N) is 1. The molecule has 0 aliphatic heterocycles. The van der Waals surface area contributed by atoms with Crippen molar-refractivity contribution in [1.29, 1.82) is 0 Å². The van der Waals surface area contributed by atoms with Gasteiger partial charge < -0.3 is 5.32 Å². The Morgan fingerprint density at radius 1 is 1.50 bits per heavy atom. The lowest BCUT2D eigenvalue weighted by atomic mass is 10.2. The maximum Gasteiger partial charge on any atom is 0.256 e. The molecule has 0 bridgehead atoms. The van der Waals surface area contributed by atoms with Gasteiger partial charge in [-0.05, 0) is 34.1 Å².